The average Bonchev–Trinajstić information content (AvgIpc) is 3.14. The van der Waals surface area contributed by atoms with Crippen LogP contribution >= 0.6 is 0 Å². The van der Waals surface area contributed by atoms with Crippen LogP contribution in [0.3, 0.4) is 0 Å². The predicted octanol–water partition coefficient (Wildman–Crippen LogP) is 7.90. The minimum atomic E-state index is -0.735. The fourth-order valence-corrected chi connectivity index (χ4v) is 5.63. The summed E-state index contributed by atoms with van der Waals surface area (Å²) in [6.07, 6.45) is -2.84. The Labute approximate surface area is 277 Å². The van der Waals surface area contributed by atoms with Crippen molar-refractivity contribution in [2.24, 2.45) is 0 Å². The number of hydrogen-bond donors (Lipinski definition) is 0. The molecular formula is C41H42O6. The van der Waals surface area contributed by atoms with Gasteiger partial charge in [0.1, 0.15) is 24.4 Å². The van der Waals surface area contributed by atoms with Crippen LogP contribution in [0, 0.1) is 0 Å². The molecule has 6 nitrogen and oxygen atoms in total. The van der Waals surface area contributed by atoms with E-state index in [-0.39, 0.29) is 6.61 Å². The zero-order chi connectivity index (χ0) is 31.9. The van der Waals surface area contributed by atoms with Crippen molar-refractivity contribution in [2.45, 2.75) is 63.7 Å². The quantitative estimate of drug-likeness (QED) is 0.111. The fourth-order valence-electron chi connectivity index (χ4n) is 5.63. The van der Waals surface area contributed by atoms with Gasteiger partial charge < -0.3 is 28.4 Å². The summed E-state index contributed by atoms with van der Waals surface area (Å²) in [6.45, 7) is 2.23. The first-order chi connectivity index (χ1) is 23.3. The van der Waals surface area contributed by atoms with E-state index < -0.39 is 30.7 Å². The molecule has 5 atom stereocenters. The molecule has 1 fully saturated rings. The second-order valence-electron chi connectivity index (χ2n) is 11.6. The summed E-state index contributed by atoms with van der Waals surface area (Å²) in [6, 6.07) is 50.6. The molecule has 0 aliphatic carbocycles. The Morgan fingerprint density at radius 3 is 1.13 bits per heavy atom. The standard InChI is InChI=1S/C41H42O6/c1-6-16-32(17-7-1)26-42-31-37-38(43-27-33-18-8-2-9-19-33)39(44-28-34-20-10-3-11-21-34)40(45-29-35-22-12-4-13-23-35)41(47-37)46-30-36-24-14-5-15-25-36/h1-25,37-41H,26-31H2/t37-,38-,39+,40-,41+/m1/s1. The van der Waals surface area contributed by atoms with E-state index in [0.717, 1.165) is 27.8 Å². The lowest BCUT2D eigenvalue weighted by atomic mass is 9.97. The Bertz CT molecular complexity index is 1550. The molecule has 242 valence electrons. The monoisotopic (exact) mass is 630 g/mol. The van der Waals surface area contributed by atoms with Gasteiger partial charge in [-0.1, -0.05) is 152 Å². The van der Waals surface area contributed by atoms with Crippen LogP contribution in [0.5, 0.6) is 0 Å². The maximum Gasteiger partial charge on any atom is 0.187 e. The molecule has 0 unspecified atom stereocenters. The van der Waals surface area contributed by atoms with E-state index in [1.165, 1.54) is 0 Å². The summed E-state index contributed by atoms with van der Waals surface area (Å²) in [5, 5.41) is 0. The highest BCUT2D eigenvalue weighted by Crippen LogP contribution is 2.32. The molecule has 1 aliphatic rings. The van der Waals surface area contributed by atoms with Crippen molar-refractivity contribution in [3.8, 4) is 0 Å². The minimum Gasteiger partial charge on any atom is -0.374 e. The zero-order valence-corrected chi connectivity index (χ0v) is 26.5. The number of benzene rings is 5. The summed E-state index contributed by atoms with van der Waals surface area (Å²) >= 11 is 0. The highest BCUT2D eigenvalue weighted by atomic mass is 16.7. The summed E-state index contributed by atoms with van der Waals surface area (Å²) in [5.74, 6) is 0. The van der Waals surface area contributed by atoms with E-state index in [2.05, 4.69) is 36.4 Å². The molecule has 1 saturated heterocycles. The predicted molar refractivity (Wildman–Crippen MR) is 181 cm³/mol. The van der Waals surface area contributed by atoms with Crippen molar-refractivity contribution >= 4 is 0 Å². The number of ether oxygens (including phenoxy) is 6. The van der Waals surface area contributed by atoms with Gasteiger partial charge in [0.15, 0.2) is 6.29 Å². The molecule has 0 bridgehead atoms. The van der Waals surface area contributed by atoms with E-state index in [0.29, 0.717) is 33.0 Å². The van der Waals surface area contributed by atoms with Gasteiger partial charge in [-0.05, 0) is 27.8 Å². The van der Waals surface area contributed by atoms with Crippen molar-refractivity contribution < 1.29 is 28.4 Å². The van der Waals surface area contributed by atoms with E-state index in [9.17, 15) is 0 Å². The smallest absolute Gasteiger partial charge is 0.187 e. The largest absolute Gasteiger partial charge is 0.374 e. The van der Waals surface area contributed by atoms with E-state index in [1.807, 2.05) is 115 Å². The van der Waals surface area contributed by atoms with Crippen LogP contribution in [-0.4, -0.2) is 37.3 Å². The molecular weight excluding hydrogens is 588 g/mol. The SMILES string of the molecule is c1ccc(COC[C@H]2O[C@H](OCc3ccccc3)[C@H](OCc3ccccc3)[C@@H](OCc3ccccc3)[C@@H]2OCc2ccccc2)cc1. The van der Waals surface area contributed by atoms with Crippen molar-refractivity contribution in [3.63, 3.8) is 0 Å². The molecule has 5 aromatic rings. The third kappa shape index (κ3) is 9.92. The molecule has 0 aromatic heterocycles. The Morgan fingerprint density at radius 2 is 0.702 bits per heavy atom. The van der Waals surface area contributed by atoms with Gasteiger partial charge in [-0.15, -0.1) is 0 Å². The van der Waals surface area contributed by atoms with Crippen LogP contribution in [0.25, 0.3) is 0 Å². The van der Waals surface area contributed by atoms with Crippen molar-refractivity contribution in [3.05, 3.63) is 179 Å². The van der Waals surface area contributed by atoms with Gasteiger partial charge in [-0.25, -0.2) is 0 Å². The molecule has 0 saturated carbocycles. The van der Waals surface area contributed by atoms with Crippen LogP contribution in [0.1, 0.15) is 27.8 Å². The Morgan fingerprint density at radius 1 is 0.362 bits per heavy atom. The molecule has 0 amide bonds. The van der Waals surface area contributed by atoms with E-state index in [1.54, 1.807) is 0 Å². The third-order valence-corrected chi connectivity index (χ3v) is 8.10. The minimum absolute atomic E-state index is 0.288. The van der Waals surface area contributed by atoms with Crippen molar-refractivity contribution in [2.75, 3.05) is 6.61 Å². The maximum atomic E-state index is 6.78. The summed E-state index contributed by atoms with van der Waals surface area (Å²) in [5.41, 5.74) is 5.29. The maximum absolute atomic E-state index is 6.78. The molecule has 0 N–H and O–H groups in total. The van der Waals surface area contributed by atoms with Crippen LogP contribution in [0.2, 0.25) is 0 Å². The van der Waals surface area contributed by atoms with Crippen molar-refractivity contribution in [1.29, 1.82) is 0 Å². The molecule has 1 heterocycles. The van der Waals surface area contributed by atoms with E-state index in [4.69, 9.17) is 28.4 Å². The number of hydrogen-bond acceptors (Lipinski definition) is 6. The fraction of sp³-hybridized carbons (Fsp3) is 0.268. The van der Waals surface area contributed by atoms with E-state index >= 15 is 0 Å². The normalized spacial score (nSPS) is 21.0. The van der Waals surface area contributed by atoms with Gasteiger partial charge in [0.25, 0.3) is 0 Å². The zero-order valence-electron chi connectivity index (χ0n) is 26.5. The van der Waals surface area contributed by atoms with Gasteiger partial charge in [-0.3, -0.25) is 0 Å². The second-order valence-corrected chi connectivity index (χ2v) is 11.6. The first-order valence-corrected chi connectivity index (χ1v) is 16.2. The molecule has 0 radical (unpaired) electrons. The lowest BCUT2D eigenvalue weighted by Crippen LogP contribution is -2.61. The van der Waals surface area contributed by atoms with Gasteiger partial charge in [-0.2, -0.15) is 0 Å². The summed E-state index contributed by atoms with van der Waals surface area (Å²) in [4.78, 5) is 0. The molecule has 1 aliphatic heterocycles. The number of rotatable bonds is 16. The first-order valence-electron chi connectivity index (χ1n) is 16.2. The van der Waals surface area contributed by atoms with Crippen LogP contribution < -0.4 is 0 Å². The van der Waals surface area contributed by atoms with Crippen LogP contribution in [0.4, 0.5) is 0 Å². The second kappa shape index (κ2) is 17.7. The highest BCUT2D eigenvalue weighted by molar-refractivity contribution is 5.17. The molecule has 6 heteroatoms. The molecule has 5 aromatic carbocycles. The Kier molecular flexibility index (Phi) is 12.3. The Hall–Kier alpha value is -4.14. The molecule has 47 heavy (non-hydrogen) atoms. The highest BCUT2D eigenvalue weighted by Gasteiger charge is 2.49. The lowest BCUT2D eigenvalue weighted by molar-refractivity contribution is -0.330. The molecule has 6 rings (SSSR count). The Balaban J connectivity index is 1.29. The summed E-state index contributed by atoms with van der Waals surface area (Å²) < 4.78 is 39.7. The van der Waals surface area contributed by atoms with Crippen LogP contribution in [0.15, 0.2) is 152 Å². The third-order valence-electron chi connectivity index (χ3n) is 8.10. The van der Waals surface area contributed by atoms with Gasteiger partial charge in [0, 0.05) is 0 Å². The van der Waals surface area contributed by atoms with Gasteiger partial charge in [0.05, 0.1) is 39.6 Å². The summed E-state index contributed by atoms with van der Waals surface area (Å²) in [7, 11) is 0. The molecule has 0 spiro atoms. The topological polar surface area (TPSA) is 55.4 Å². The van der Waals surface area contributed by atoms with Gasteiger partial charge in [0.2, 0.25) is 0 Å². The van der Waals surface area contributed by atoms with Crippen molar-refractivity contribution in [1.82, 2.24) is 0 Å². The average molecular weight is 631 g/mol. The van der Waals surface area contributed by atoms with Gasteiger partial charge >= 0.3 is 0 Å². The lowest BCUT2D eigenvalue weighted by Gasteiger charge is -2.46. The van der Waals surface area contributed by atoms with Crippen LogP contribution in [-0.2, 0) is 61.5 Å². The first kappa shape index (κ1) is 32.8.